The Hall–Kier alpha value is -5.65. The van der Waals surface area contributed by atoms with Gasteiger partial charge in [-0.25, -0.2) is 0 Å². The molecule has 0 fully saturated rings. The molecular weight excluding hydrogens is 735 g/mol. The van der Waals surface area contributed by atoms with Gasteiger partial charge in [0, 0.05) is 60.4 Å². The van der Waals surface area contributed by atoms with Crippen LogP contribution in [0.25, 0.3) is 44.2 Å². The van der Waals surface area contributed by atoms with E-state index in [2.05, 4.69) is 180 Å². The molecule has 8 aromatic rings. The van der Waals surface area contributed by atoms with E-state index in [9.17, 15) is 0 Å². The van der Waals surface area contributed by atoms with Crippen LogP contribution in [0, 0.1) is 6.92 Å². The van der Waals surface area contributed by atoms with Crippen LogP contribution >= 0.6 is 11.8 Å². The number of anilines is 5. The molecule has 0 saturated heterocycles. The number of furan rings is 1. The van der Waals surface area contributed by atoms with Crippen LogP contribution in [0.2, 0.25) is 0 Å². The van der Waals surface area contributed by atoms with Crippen molar-refractivity contribution in [3.05, 3.63) is 149 Å². The predicted molar refractivity (Wildman–Crippen MR) is 249 cm³/mol. The predicted octanol–water partition coefficient (Wildman–Crippen LogP) is 13.7. The summed E-state index contributed by atoms with van der Waals surface area (Å²) in [6.45, 7) is 17.0. The average molecular weight is 781 g/mol. The first-order valence-corrected chi connectivity index (χ1v) is 22.2. The zero-order valence-corrected chi connectivity index (χ0v) is 35.6. The topological polar surface area (TPSA) is 19.6 Å². The fourth-order valence-corrected chi connectivity index (χ4v) is 13.0. The molecular formula is C54H45BN2OS. The number of aryl methyl sites for hydroxylation is 1. The van der Waals surface area contributed by atoms with Crippen LogP contribution in [0.3, 0.4) is 0 Å². The summed E-state index contributed by atoms with van der Waals surface area (Å²) >= 11 is 1.90. The molecule has 0 saturated carbocycles. The minimum Gasteiger partial charge on any atom is -0.456 e. The Labute approximate surface area is 351 Å². The number of benzene rings is 7. The van der Waals surface area contributed by atoms with Gasteiger partial charge in [0.15, 0.2) is 0 Å². The lowest BCUT2D eigenvalue weighted by Gasteiger charge is -2.49. The molecule has 13 rings (SSSR count). The molecule has 0 N–H and O–H groups in total. The van der Waals surface area contributed by atoms with Gasteiger partial charge < -0.3 is 14.1 Å². The molecule has 0 spiro atoms. The van der Waals surface area contributed by atoms with Gasteiger partial charge in [-0.1, -0.05) is 132 Å². The minimum atomic E-state index is -0.249. The van der Waals surface area contributed by atoms with E-state index < -0.39 is 0 Å². The second-order valence-corrected chi connectivity index (χ2v) is 20.7. The average Bonchev–Trinajstić information content (AvgIpc) is 3.70. The lowest BCUT2D eigenvalue weighted by atomic mass is 9.42. The number of nitrogens with zero attached hydrogens (tertiary/aromatic N) is 2. The summed E-state index contributed by atoms with van der Waals surface area (Å²) in [4.78, 5) is 8.02. The van der Waals surface area contributed by atoms with Gasteiger partial charge in [-0.2, -0.15) is 0 Å². The van der Waals surface area contributed by atoms with Gasteiger partial charge in [-0.3, -0.25) is 0 Å². The highest BCUT2D eigenvalue weighted by Crippen LogP contribution is 2.61. The normalized spacial score (nSPS) is 17.8. The second kappa shape index (κ2) is 11.1. The summed E-state index contributed by atoms with van der Waals surface area (Å²) in [7, 11) is 0. The molecule has 3 aliphatic heterocycles. The molecule has 0 unspecified atom stereocenters. The zero-order valence-electron chi connectivity index (χ0n) is 34.7. The van der Waals surface area contributed by atoms with E-state index in [1.807, 2.05) is 11.8 Å². The summed E-state index contributed by atoms with van der Waals surface area (Å²) in [5, 5.41) is 2.33. The van der Waals surface area contributed by atoms with E-state index in [-0.39, 0.29) is 23.1 Å². The van der Waals surface area contributed by atoms with Crippen LogP contribution in [0.15, 0.2) is 136 Å². The smallest absolute Gasteiger partial charge is 0.333 e. The zero-order chi connectivity index (χ0) is 39.9. The molecule has 5 heteroatoms. The summed E-state index contributed by atoms with van der Waals surface area (Å²) in [5.74, 6) is 0. The highest BCUT2D eigenvalue weighted by atomic mass is 32.2. The molecule has 286 valence electrons. The molecule has 0 atom stereocenters. The Morgan fingerprint density at radius 1 is 0.559 bits per heavy atom. The fraction of sp³-hybridized carbons (Fsp3) is 0.222. The van der Waals surface area contributed by atoms with E-state index in [1.54, 1.807) is 0 Å². The van der Waals surface area contributed by atoms with Crippen LogP contribution in [0.5, 0.6) is 0 Å². The van der Waals surface area contributed by atoms with E-state index in [1.165, 1.54) is 111 Å². The fourth-order valence-electron chi connectivity index (χ4n) is 11.9. The molecule has 59 heavy (non-hydrogen) atoms. The summed E-state index contributed by atoms with van der Waals surface area (Å²) in [6, 6.07) is 46.4. The summed E-state index contributed by atoms with van der Waals surface area (Å²) in [6.07, 6.45) is 2.35. The quantitative estimate of drug-likeness (QED) is 0.155. The number of hydrogen-bond acceptors (Lipinski definition) is 4. The van der Waals surface area contributed by atoms with E-state index >= 15 is 0 Å². The van der Waals surface area contributed by atoms with Gasteiger partial charge in [0.05, 0.1) is 5.69 Å². The molecule has 1 aromatic heterocycles. The molecule has 3 nitrogen and oxygen atoms in total. The first-order valence-electron chi connectivity index (χ1n) is 21.3. The number of rotatable bonds is 1. The second-order valence-electron chi connectivity index (χ2n) is 19.6. The first kappa shape index (κ1) is 34.2. The maximum atomic E-state index is 6.82. The molecule has 4 heterocycles. The standard InChI is InChI=1S/C54H45BN2OS/c1-30-25-38-39(53(4,5)24-23-52(38,2)3)28-42(30)56-43-29-45-34(32-16-9-12-20-44(32)58-45)27-40(43)55-49-36(26-35-31-15-8-10-18-37(31)54(6,7)48(35)51(49)56)33-17-14-22-47-50(33)57(55)41-19-11-13-21-46(41)59-47/h8-22,25-29H,23-24H2,1-7H3. The summed E-state index contributed by atoms with van der Waals surface area (Å²) in [5.41, 5.74) is 23.3. The van der Waals surface area contributed by atoms with Crippen LogP contribution in [-0.4, -0.2) is 6.85 Å². The number of fused-ring (bicyclic) bond motifs is 14. The SMILES string of the molecule is Cc1cc2c(cc1N1c3cc4oc5ccccc5c4cc3B3c4c(cc5c(c41)C(C)(C)c1ccccc1-5)-c1cccc4c1N3c1ccccc1S4)C(C)(C)CCC2(C)C. The van der Waals surface area contributed by atoms with Crippen molar-refractivity contribution in [3.8, 4) is 22.3 Å². The van der Waals surface area contributed by atoms with E-state index in [4.69, 9.17) is 4.42 Å². The Balaban J connectivity index is 1.24. The van der Waals surface area contributed by atoms with Gasteiger partial charge in [0.25, 0.3) is 0 Å². The van der Waals surface area contributed by atoms with E-state index in [0.29, 0.717) is 0 Å². The lowest BCUT2D eigenvalue weighted by molar-refractivity contribution is 0.332. The summed E-state index contributed by atoms with van der Waals surface area (Å²) < 4.78 is 6.82. The third kappa shape index (κ3) is 4.27. The molecule has 2 aliphatic carbocycles. The maximum absolute atomic E-state index is 6.82. The molecule has 0 radical (unpaired) electrons. The maximum Gasteiger partial charge on any atom is 0.333 e. The van der Waals surface area contributed by atoms with Crippen molar-refractivity contribution in [2.45, 2.75) is 87.3 Å². The van der Waals surface area contributed by atoms with Crippen molar-refractivity contribution < 1.29 is 4.42 Å². The number of para-hydroxylation sites is 3. The number of hydrogen-bond donors (Lipinski definition) is 0. The van der Waals surface area contributed by atoms with Crippen molar-refractivity contribution in [2.75, 3.05) is 9.71 Å². The third-order valence-electron chi connectivity index (χ3n) is 15.0. The van der Waals surface area contributed by atoms with Crippen molar-refractivity contribution in [3.63, 3.8) is 0 Å². The van der Waals surface area contributed by atoms with Gasteiger partial charge in [0.2, 0.25) is 0 Å². The van der Waals surface area contributed by atoms with E-state index in [0.717, 1.165) is 23.0 Å². The van der Waals surface area contributed by atoms with Crippen molar-refractivity contribution in [1.29, 1.82) is 0 Å². The van der Waals surface area contributed by atoms with Gasteiger partial charge in [-0.05, 0) is 122 Å². The van der Waals surface area contributed by atoms with Gasteiger partial charge >= 0.3 is 6.85 Å². The highest BCUT2D eigenvalue weighted by molar-refractivity contribution is 7.99. The highest BCUT2D eigenvalue weighted by Gasteiger charge is 2.52. The largest absolute Gasteiger partial charge is 0.456 e. The third-order valence-corrected chi connectivity index (χ3v) is 16.1. The first-order chi connectivity index (χ1) is 28.4. The van der Waals surface area contributed by atoms with Crippen molar-refractivity contribution >= 4 is 79.9 Å². The molecule has 7 aromatic carbocycles. The Morgan fingerprint density at radius 2 is 1.27 bits per heavy atom. The Morgan fingerprint density at radius 3 is 2.12 bits per heavy atom. The van der Waals surface area contributed by atoms with Gasteiger partial charge in [-0.15, -0.1) is 0 Å². The van der Waals surface area contributed by atoms with Crippen LogP contribution in [-0.2, 0) is 16.2 Å². The van der Waals surface area contributed by atoms with Crippen LogP contribution < -0.4 is 20.6 Å². The Kier molecular flexibility index (Phi) is 6.46. The Bertz CT molecular complexity index is 3220. The van der Waals surface area contributed by atoms with Gasteiger partial charge in [0.1, 0.15) is 11.2 Å². The van der Waals surface area contributed by atoms with Crippen molar-refractivity contribution in [1.82, 2.24) is 0 Å². The van der Waals surface area contributed by atoms with Crippen molar-refractivity contribution in [2.24, 2.45) is 0 Å². The molecule has 0 amide bonds. The molecule has 5 aliphatic rings. The minimum absolute atomic E-state index is 0.0508. The monoisotopic (exact) mass is 780 g/mol. The van der Waals surface area contributed by atoms with Crippen LogP contribution in [0.4, 0.5) is 28.4 Å². The molecule has 0 bridgehead atoms. The lowest BCUT2D eigenvalue weighted by Crippen LogP contribution is -2.62. The van der Waals surface area contributed by atoms with Crippen LogP contribution in [0.1, 0.15) is 82.2 Å².